The number of benzene rings is 5. The molecule has 0 aromatic heterocycles. The number of ether oxygens (including phenoxy) is 2. The van der Waals surface area contributed by atoms with Gasteiger partial charge >= 0.3 is 5.97 Å². The van der Waals surface area contributed by atoms with Gasteiger partial charge in [0.2, 0.25) is 21.7 Å². The minimum absolute atomic E-state index is 0.0166. The standard InChI is InChI=1S/C43H39F5N2O6S/c1-49(57(53,54)42-40(47)38(45)37(44)39(46)41(42)48)25-36(51)50(24-28-17-19-32(20-18-28)31-15-9-4-10-16-31)33-21-22-34(43(52)56-27-30-13-7-3-8-14-30)35(23-33)55-26-29-11-5-2-6-12-29/h2-3,5-8,11-14,17-23,31H,4,9-10,15-16,24-27H2,1H3. The summed E-state index contributed by atoms with van der Waals surface area (Å²) in [4.78, 5) is 26.7. The molecule has 0 spiro atoms. The Labute approximate surface area is 327 Å². The zero-order valence-electron chi connectivity index (χ0n) is 30.9. The molecule has 0 N–H and O–H groups in total. The number of nitrogens with zero attached hydrogens (tertiary/aromatic N) is 2. The summed E-state index contributed by atoms with van der Waals surface area (Å²) in [7, 11) is -4.67. The van der Waals surface area contributed by atoms with Crippen molar-refractivity contribution in [2.75, 3.05) is 18.5 Å². The third-order valence-electron chi connectivity index (χ3n) is 9.84. The molecule has 0 bridgehead atoms. The molecule has 57 heavy (non-hydrogen) atoms. The Morgan fingerprint density at radius 1 is 0.684 bits per heavy atom. The van der Waals surface area contributed by atoms with Gasteiger partial charge in [-0.05, 0) is 53.1 Å². The third kappa shape index (κ3) is 9.51. The van der Waals surface area contributed by atoms with Crippen LogP contribution in [0.1, 0.15) is 70.6 Å². The molecule has 0 heterocycles. The fraction of sp³-hybridized carbons (Fsp3) is 0.256. The van der Waals surface area contributed by atoms with Crippen molar-refractivity contribution in [3.05, 3.63) is 160 Å². The molecule has 5 aromatic rings. The van der Waals surface area contributed by atoms with Crippen LogP contribution in [0.5, 0.6) is 5.75 Å². The number of hydrogen-bond acceptors (Lipinski definition) is 6. The van der Waals surface area contributed by atoms with Crippen molar-refractivity contribution < 1.29 is 49.4 Å². The summed E-state index contributed by atoms with van der Waals surface area (Å²) >= 11 is 0. The van der Waals surface area contributed by atoms with Gasteiger partial charge in [-0.3, -0.25) is 4.79 Å². The maximum absolute atomic E-state index is 14.7. The Hall–Kier alpha value is -5.60. The average molecular weight is 807 g/mol. The number of anilines is 1. The van der Waals surface area contributed by atoms with E-state index in [2.05, 4.69) is 0 Å². The summed E-state index contributed by atoms with van der Waals surface area (Å²) < 4.78 is 110. The minimum atomic E-state index is -5.46. The number of likely N-dealkylation sites (N-methyl/N-ethyl adjacent to an activating group) is 1. The van der Waals surface area contributed by atoms with Crippen molar-refractivity contribution in [1.82, 2.24) is 4.31 Å². The van der Waals surface area contributed by atoms with E-state index in [4.69, 9.17) is 9.47 Å². The first-order chi connectivity index (χ1) is 27.3. The van der Waals surface area contributed by atoms with Gasteiger partial charge in [-0.15, -0.1) is 0 Å². The molecule has 0 radical (unpaired) electrons. The van der Waals surface area contributed by atoms with Gasteiger partial charge in [0.25, 0.3) is 0 Å². The van der Waals surface area contributed by atoms with Crippen LogP contribution in [0.25, 0.3) is 0 Å². The van der Waals surface area contributed by atoms with E-state index < -0.39 is 62.4 Å². The third-order valence-corrected chi connectivity index (χ3v) is 11.7. The summed E-state index contributed by atoms with van der Waals surface area (Å²) in [6.45, 7) is -1.24. The first-order valence-electron chi connectivity index (χ1n) is 18.2. The number of amides is 1. The zero-order valence-corrected chi connectivity index (χ0v) is 31.7. The van der Waals surface area contributed by atoms with E-state index in [9.17, 15) is 40.0 Å². The van der Waals surface area contributed by atoms with Gasteiger partial charge in [0.1, 0.15) is 24.5 Å². The van der Waals surface area contributed by atoms with E-state index in [1.54, 1.807) is 36.4 Å². The Morgan fingerprint density at radius 3 is 1.84 bits per heavy atom. The van der Waals surface area contributed by atoms with Crippen LogP contribution in [0.15, 0.2) is 108 Å². The monoisotopic (exact) mass is 806 g/mol. The van der Waals surface area contributed by atoms with E-state index in [0.29, 0.717) is 11.5 Å². The molecule has 8 nitrogen and oxygen atoms in total. The van der Waals surface area contributed by atoms with Gasteiger partial charge in [-0.2, -0.15) is 4.31 Å². The highest BCUT2D eigenvalue weighted by Gasteiger charge is 2.37. The molecular formula is C43H39F5N2O6S. The van der Waals surface area contributed by atoms with E-state index in [0.717, 1.165) is 49.4 Å². The van der Waals surface area contributed by atoms with Gasteiger partial charge in [-0.25, -0.2) is 35.2 Å². The van der Waals surface area contributed by atoms with E-state index in [1.165, 1.54) is 29.5 Å². The average Bonchev–Trinajstić information content (AvgIpc) is 3.23. The highest BCUT2D eigenvalue weighted by atomic mass is 32.2. The second-order valence-electron chi connectivity index (χ2n) is 13.7. The van der Waals surface area contributed by atoms with Crippen molar-refractivity contribution in [2.45, 2.75) is 62.7 Å². The molecule has 5 aromatic carbocycles. The molecule has 298 valence electrons. The van der Waals surface area contributed by atoms with Crippen molar-refractivity contribution in [1.29, 1.82) is 0 Å². The maximum atomic E-state index is 14.7. The number of carbonyl (C=O) groups is 2. The lowest BCUT2D eigenvalue weighted by Gasteiger charge is -2.27. The van der Waals surface area contributed by atoms with Crippen LogP contribution >= 0.6 is 0 Å². The number of halogens is 5. The normalized spacial score (nSPS) is 13.4. The number of sulfonamides is 1. The van der Waals surface area contributed by atoms with Crippen molar-refractivity contribution in [2.24, 2.45) is 0 Å². The molecule has 1 fully saturated rings. The fourth-order valence-corrected chi connectivity index (χ4v) is 7.89. The van der Waals surface area contributed by atoms with Gasteiger partial charge < -0.3 is 14.4 Å². The van der Waals surface area contributed by atoms with Crippen molar-refractivity contribution in [3.63, 3.8) is 0 Å². The molecule has 0 aliphatic heterocycles. The molecule has 1 aliphatic rings. The quantitative estimate of drug-likeness (QED) is 0.0481. The predicted molar refractivity (Wildman–Crippen MR) is 202 cm³/mol. The molecule has 0 saturated heterocycles. The Kier molecular flexibility index (Phi) is 13.0. The fourth-order valence-electron chi connectivity index (χ4n) is 6.67. The van der Waals surface area contributed by atoms with Crippen LogP contribution in [-0.2, 0) is 39.3 Å². The minimum Gasteiger partial charge on any atom is -0.488 e. The number of carbonyl (C=O) groups excluding carboxylic acids is 2. The van der Waals surface area contributed by atoms with Gasteiger partial charge in [0.05, 0.1) is 13.1 Å². The van der Waals surface area contributed by atoms with Crippen molar-refractivity contribution in [3.8, 4) is 5.75 Å². The highest BCUT2D eigenvalue weighted by molar-refractivity contribution is 7.89. The summed E-state index contributed by atoms with van der Waals surface area (Å²) in [6.07, 6.45) is 5.54. The molecule has 1 saturated carbocycles. The van der Waals surface area contributed by atoms with Crippen LogP contribution < -0.4 is 9.64 Å². The zero-order chi connectivity index (χ0) is 40.7. The lowest BCUT2D eigenvalue weighted by atomic mass is 9.84. The Morgan fingerprint density at radius 2 is 1.25 bits per heavy atom. The summed E-state index contributed by atoms with van der Waals surface area (Å²) in [5.74, 6) is -13.8. The summed E-state index contributed by atoms with van der Waals surface area (Å²) in [6, 6.07) is 29.9. The first-order valence-corrected chi connectivity index (χ1v) is 19.7. The van der Waals surface area contributed by atoms with Gasteiger partial charge in [0.15, 0.2) is 28.2 Å². The second-order valence-corrected chi connectivity index (χ2v) is 15.7. The number of esters is 1. The van der Waals surface area contributed by atoms with Crippen LogP contribution in [-0.4, -0.2) is 38.2 Å². The van der Waals surface area contributed by atoms with Crippen LogP contribution in [0.3, 0.4) is 0 Å². The Bertz CT molecular complexity index is 2300. The SMILES string of the molecule is CN(CC(=O)N(Cc1ccc(C2CCCCC2)cc1)c1ccc(C(=O)OCc2ccccc2)c(OCc2ccccc2)c1)S(=O)(=O)c1c(F)c(F)c(F)c(F)c1F. The largest absolute Gasteiger partial charge is 0.488 e. The molecule has 1 amide bonds. The maximum Gasteiger partial charge on any atom is 0.342 e. The predicted octanol–water partition coefficient (Wildman–Crippen LogP) is 9.22. The van der Waals surface area contributed by atoms with Crippen molar-refractivity contribution >= 4 is 27.6 Å². The van der Waals surface area contributed by atoms with Gasteiger partial charge in [-0.1, -0.05) is 104 Å². The van der Waals surface area contributed by atoms with Crippen LogP contribution in [0.4, 0.5) is 27.6 Å². The van der Waals surface area contributed by atoms with E-state index in [1.807, 2.05) is 48.5 Å². The summed E-state index contributed by atoms with van der Waals surface area (Å²) in [5, 5.41) is 0. The number of rotatable bonds is 14. The smallest absolute Gasteiger partial charge is 0.342 e. The van der Waals surface area contributed by atoms with E-state index in [-0.39, 0.29) is 41.1 Å². The highest BCUT2D eigenvalue weighted by Crippen LogP contribution is 2.34. The number of hydrogen-bond donors (Lipinski definition) is 0. The summed E-state index contributed by atoms with van der Waals surface area (Å²) in [5.41, 5.74) is 3.44. The molecule has 6 rings (SSSR count). The molecule has 1 aliphatic carbocycles. The molecule has 0 unspecified atom stereocenters. The lowest BCUT2D eigenvalue weighted by molar-refractivity contribution is -0.118. The molecule has 0 atom stereocenters. The molecular weight excluding hydrogens is 768 g/mol. The van der Waals surface area contributed by atoms with Crippen LogP contribution in [0.2, 0.25) is 0 Å². The van der Waals surface area contributed by atoms with Crippen LogP contribution in [0, 0.1) is 29.1 Å². The lowest BCUT2D eigenvalue weighted by Crippen LogP contribution is -2.41. The Balaban J connectivity index is 1.35. The molecule has 14 heteroatoms. The topological polar surface area (TPSA) is 93.2 Å². The van der Waals surface area contributed by atoms with E-state index >= 15 is 0 Å². The van der Waals surface area contributed by atoms with Gasteiger partial charge in [0, 0.05) is 18.8 Å². The first kappa shape index (κ1) is 41.0. The second kappa shape index (κ2) is 18.1.